The monoisotopic (exact) mass is 387 g/mol. The third-order valence-electron chi connectivity index (χ3n) is 2.99. The molecule has 2 rings (SSSR count). The number of halogens is 3. The molecule has 0 aromatic heterocycles. The summed E-state index contributed by atoms with van der Waals surface area (Å²) < 4.78 is 43.7. The number of ether oxygens (including phenoxy) is 1. The average molecular weight is 387 g/mol. The van der Waals surface area contributed by atoms with Crippen molar-refractivity contribution >= 4 is 5.97 Å². The summed E-state index contributed by atoms with van der Waals surface area (Å²) in [5.74, 6) is -1.19. The van der Waals surface area contributed by atoms with Crippen LogP contribution in [0.5, 0.6) is 0 Å². The third kappa shape index (κ3) is 9.18. The van der Waals surface area contributed by atoms with Gasteiger partial charge in [-0.1, -0.05) is 56.3 Å². The van der Waals surface area contributed by atoms with E-state index < -0.39 is 30.4 Å². The minimum absolute atomic E-state index is 0. The number of aliphatic carboxylic acids is 1. The Bertz CT molecular complexity index is 688. The van der Waals surface area contributed by atoms with Crippen LogP contribution in [0.2, 0.25) is 0 Å². The lowest BCUT2D eigenvalue weighted by Crippen LogP contribution is -2.14. The maximum Gasteiger partial charge on any atom is 0.416 e. The van der Waals surface area contributed by atoms with Crippen LogP contribution in [0.3, 0.4) is 0 Å². The van der Waals surface area contributed by atoms with Gasteiger partial charge in [-0.25, -0.2) is 4.79 Å². The van der Waals surface area contributed by atoms with Crippen molar-refractivity contribution in [2.75, 3.05) is 6.61 Å². The molecule has 0 saturated heterocycles. The van der Waals surface area contributed by atoms with Gasteiger partial charge in [0.15, 0.2) is 0 Å². The second kappa shape index (κ2) is 11.3. The number of hydrogen-bond donors (Lipinski definition) is 2. The Balaban J connectivity index is 0.00000123. The zero-order valence-corrected chi connectivity index (χ0v) is 15.0. The summed E-state index contributed by atoms with van der Waals surface area (Å²) in [7, 11) is 0. The fraction of sp³-hybridized carbons (Fsp3) is 0.316. The molecule has 0 saturated carbocycles. The molecule has 0 amide bonds. The molecule has 0 fully saturated rings. The van der Waals surface area contributed by atoms with Crippen molar-refractivity contribution in [1.29, 1.82) is 0 Å². The Morgan fingerprint density at radius 1 is 1.07 bits per heavy atom. The van der Waals surface area contributed by atoms with E-state index in [0.29, 0.717) is 11.6 Å². The Morgan fingerprint density at radius 3 is 2.07 bits per heavy atom. The molecule has 27 heavy (non-hydrogen) atoms. The van der Waals surface area contributed by atoms with Crippen molar-refractivity contribution < 1.29 is 33.3 Å². The van der Waals surface area contributed by atoms with E-state index >= 15 is 0 Å². The number of carboxylic acids is 1. The first-order valence-corrected chi connectivity index (χ1v) is 7.92. The summed E-state index contributed by atoms with van der Waals surface area (Å²) in [5, 5.41) is 8.74. The Kier molecular flexibility index (Phi) is 10.3. The minimum atomic E-state index is -4.47. The number of hydrogen-bond acceptors (Lipinski definition) is 3. The first kappa shape index (κ1) is 24.6. The zero-order chi connectivity index (χ0) is 19.7. The third-order valence-corrected chi connectivity index (χ3v) is 2.99. The fourth-order valence-electron chi connectivity index (χ4n) is 2.05. The van der Waals surface area contributed by atoms with Gasteiger partial charge in [0.05, 0.1) is 5.56 Å². The SMILES string of the molecule is CC(C)N.O.O=C(O)COC(c1ccccc1)c1cccc(C(F)(F)F)c1. The van der Waals surface area contributed by atoms with Gasteiger partial charge in [0, 0.05) is 0 Å². The lowest BCUT2D eigenvalue weighted by molar-refractivity contribution is -0.144. The lowest BCUT2D eigenvalue weighted by atomic mass is 9.99. The number of alkyl halides is 3. The number of benzene rings is 2. The number of carbonyl (C=O) groups is 1. The van der Waals surface area contributed by atoms with Crippen LogP contribution in [-0.2, 0) is 15.7 Å². The van der Waals surface area contributed by atoms with Gasteiger partial charge >= 0.3 is 12.1 Å². The molecule has 0 spiro atoms. The molecule has 0 aliphatic rings. The largest absolute Gasteiger partial charge is 0.480 e. The van der Waals surface area contributed by atoms with E-state index in [9.17, 15) is 18.0 Å². The van der Waals surface area contributed by atoms with Crippen molar-refractivity contribution in [3.05, 3.63) is 71.3 Å². The van der Waals surface area contributed by atoms with E-state index in [2.05, 4.69) is 0 Å². The van der Waals surface area contributed by atoms with Gasteiger partial charge in [0.25, 0.3) is 0 Å². The molecular formula is C19H24F3NO4. The lowest BCUT2D eigenvalue weighted by Gasteiger charge is -2.19. The molecule has 5 N–H and O–H groups in total. The van der Waals surface area contributed by atoms with Crippen LogP contribution in [0.4, 0.5) is 13.2 Å². The van der Waals surface area contributed by atoms with Crippen LogP contribution in [-0.4, -0.2) is 29.2 Å². The first-order chi connectivity index (χ1) is 12.1. The van der Waals surface area contributed by atoms with E-state index in [4.69, 9.17) is 15.6 Å². The molecule has 2 aromatic rings. The molecule has 0 heterocycles. The van der Waals surface area contributed by atoms with E-state index in [0.717, 1.165) is 12.1 Å². The quantitative estimate of drug-likeness (QED) is 0.820. The van der Waals surface area contributed by atoms with Crippen molar-refractivity contribution in [2.24, 2.45) is 5.73 Å². The average Bonchev–Trinajstić information content (AvgIpc) is 2.55. The van der Waals surface area contributed by atoms with Gasteiger partial charge in [-0.3, -0.25) is 0 Å². The van der Waals surface area contributed by atoms with E-state index in [-0.39, 0.29) is 11.0 Å². The van der Waals surface area contributed by atoms with Gasteiger partial charge in [-0.2, -0.15) is 13.2 Å². The summed E-state index contributed by atoms with van der Waals surface area (Å²) in [4.78, 5) is 10.7. The van der Waals surface area contributed by atoms with Crippen LogP contribution in [0.25, 0.3) is 0 Å². The van der Waals surface area contributed by atoms with Crippen LogP contribution < -0.4 is 5.73 Å². The standard InChI is InChI=1S/C16H13F3O3.C3H9N.H2O/c17-16(18,19)13-8-4-7-12(9-13)15(22-10-14(20)21)11-5-2-1-3-6-11;1-3(2)4;/h1-9,15H,10H2,(H,20,21);3H,4H2,1-2H3;1H2. The molecule has 2 aromatic carbocycles. The molecule has 0 aliphatic heterocycles. The maximum absolute atomic E-state index is 12.8. The van der Waals surface area contributed by atoms with Crippen molar-refractivity contribution in [2.45, 2.75) is 32.2 Å². The molecule has 5 nitrogen and oxygen atoms in total. The predicted octanol–water partition coefficient (Wildman–Crippen LogP) is 3.42. The Morgan fingerprint density at radius 2 is 1.59 bits per heavy atom. The molecule has 0 aliphatic carbocycles. The van der Waals surface area contributed by atoms with E-state index in [1.165, 1.54) is 12.1 Å². The van der Waals surface area contributed by atoms with Crippen molar-refractivity contribution in [3.8, 4) is 0 Å². The Labute approximate surface area is 155 Å². The molecule has 1 unspecified atom stereocenters. The predicted molar refractivity (Wildman–Crippen MR) is 96.3 cm³/mol. The van der Waals surface area contributed by atoms with Gasteiger partial charge < -0.3 is 21.1 Å². The van der Waals surface area contributed by atoms with Gasteiger partial charge in [-0.05, 0) is 29.3 Å². The summed E-state index contributed by atoms with van der Waals surface area (Å²) >= 11 is 0. The van der Waals surface area contributed by atoms with E-state index in [1.807, 2.05) is 13.8 Å². The molecule has 150 valence electrons. The van der Waals surface area contributed by atoms with Gasteiger partial charge in [0.1, 0.15) is 12.7 Å². The minimum Gasteiger partial charge on any atom is -0.480 e. The molecule has 1 atom stereocenters. The summed E-state index contributed by atoms with van der Waals surface area (Å²) in [6.45, 7) is 3.29. The number of rotatable bonds is 5. The topological polar surface area (TPSA) is 104 Å². The maximum atomic E-state index is 12.8. The van der Waals surface area contributed by atoms with Crippen LogP contribution in [0.15, 0.2) is 54.6 Å². The van der Waals surface area contributed by atoms with Crippen LogP contribution >= 0.6 is 0 Å². The highest BCUT2D eigenvalue weighted by Gasteiger charge is 2.31. The van der Waals surface area contributed by atoms with Crippen LogP contribution in [0, 0.1) is 0 Å². The Hall–Kier alpha value is -2.42. The fourth-order valence-corrected chi connectivity index (χ4v) is 2.05. The smallest absolute Gasteiger partial charge is 0.416 e. The highest BCUT2D eigenvalue weighted by molar-refractivity contribution is 5.68. The first-order valence-electron chi connectivity index (χ1n) is 7.92. The molecule has 0 bridgehead atoms. The van der Waals surface area contributed by atoms with Gasteiger partial charge in [-0.15, -0.1) is 0 Å². The normalized spacial score (nSPS) is 11.8. The highest BCUT2D eigenvalue weighted by atomic mass is 19.4. The number of nitrogens with two attached hydrogens (primary N) is 1. The van der Waals surface area contributed by atoms with Gasteiger partial charge in [0.2, 0.25) is 0 Å². The molecule has 0 radical (unpaired) electrons. The van der Waals surface area contributed by atoms with Crippen LogP contribution in [0.1, 0.15) is 36.6 Å². The summed E-state index contributed by atoms with van der Waals surface area (Å²) in [6, 6.07) is 13.5. The number of carboxylic acid groups (broad SMARTS) is 1. The summed E-state index contributed by atoms with van der Waals surface area (Å²) in [5.41, 5.74) is 5.15. The second-order valence-electron chi connectivity index (χ2n) is 5.86. The van der Waals surface area contributed by atoms with Crippen molar-refractivity contribution in [3.63, 3.8) is 0 Å². The highest BCUT2D eigenvalue weighted by Crippen LogP contribution is 2.33. The zero-order valence-electron chi connectivity index (χ0n) is 15.0. The molecule has 8 heteroatoms. The second-order valence-corrected chi connectivity index (χ2v) is 5.86. The summed E-state index contributed by atoms with van der Waals surface area (Å²) in [6.07, 6.45) is -5.34. The van der Waals surface area contributed by atoms with Crippen molar-refractivity contribution in [1.82, 2.24) is 0 Å². The van der Waals surface area contributed by atoms with E-state index in [1.54, 1.807) is 30.3 Å². The molecular weight excluding hydrogens is 363 g/mol.